The third-order valence-corrected chi connectivity index (χ3v) is 5.47. The molecule has 2 heterocycles. The van der Waals surface area contributed by atoms with E-state index in [4.69, 9.17) is 0 Å². The van der Waals surface area contributed by atoms with E-state index in [0.717, 1.165) is 31.7 Å². The molecule has 0 unspecified atom stereocenters. The SMILES string of the molecule is C[C@@H](NC(=O)N1CCN(c2ccccn2)CC1)C(=O)NC1CCCCCC1. The fourth-order valence-corrected chi connectivity index (χ4v) is 3.77. The van der Waals surface area contributed by atoms with E-state index in [2.05, 4.69) is 20.5 Å². The summed E-state index contributed by atoms with van der Waals surface area (Å²) >= 11 is 0. The lowest BCUT2D eigenvalue weighted by Crippen LogP contribution is -2.56. The van der Waals surface area contributed by atoms with Crippen LogP contribution in [0.3, 0.4) is 0 Å². The summed E-state index contributed by atoms with van der Waals surface area (Å²) in [4.78, 5) is 33.2. The Labute approximate surface area is 161 Å². The molecule has 3 rings (SSSR count). The van der Waals surface area contributed by atoms with Crippen molar-refractivity contribution in [1.29, 1.82) is 0 Å². The first-order valence-corrected chi connectivity index (χ1v) is 10.2. The minimum Gasteiger partial charge on any atom is -0.353 e. The van der Waals surface area contributed by atoms with Gasteiger partial charge < -0.3 is 20.4 Å². The molecule has 3 amide bonds. The number of nitrogens with one attached hydrogen (secondary N) is 2. The maximum absolute atomic E-state index is 12.5. The highest BCUT2D eigenvalue weighted by atomic mass is 16.2. The van der Waals surface area contributed by atoms with Crippen molar-refractivity contribution >= 4 is 17.8 Å². The molecule has 7 heteroatoms. The quantitative estimate of drug-likeness (QED) is 0.793. The van der Waals surface area contributed by atoms with E-state index in [1.54, 1.807) is 18.0 Å². The second-order valence-electron chi connectivity index (χ2n) is 7.53. The third kappa shape index (κ3) is 5.58. The predicted octanol–water partition coefficient (Wildman–Crippen LogP) is 2.14. The zero-order valence-electron chi connectivity index (χ0n) is 16.2. The van der Waals surface area contributed by atoms with E-state index >= 15 is 0 Å². The Kier molecular flexibility index (Phi) is 6.90. The molecule has 1 saturated heterocycles. The van der Waals surface area contributed by atoms with Crippen molar-refractivity contribution in [1.82, 2.24) is 20.5 Å². The number of urea groups is 1. The van der Waals surface area contributed by atoms with Gasteiger partial charge >= 0.3 is 6.03 Å². The second-order valence-corrected chi connectivity index (χ2v) is 7.53. The molecule has 0 radical (unpaired) electrons. The molecule has 2 aliphatic rings. The number of piperazine rings is 1. The number of rotatable bonds is 4. The van der Waals surface area contributed by atoms with Crippen LogP contribution in [0.5, 0.6) is 0 Å². The smallest absolute Gasteiger partial charge is 0.318 e. The van der Waals surface area contributed by atoms with Gasteiger partial charge in [-0.2, -0.15) is 0 Å². The van der Waals surface area contributed by atoms with Gasteiger partial charge in [0, 0.05) is 38.4 Å². The molecule has 0 bridgehead atoms. The van der Waals surface area contributed by atoms with Crippen molar-refractivity contribution in [2.75, 3.05) is 31.1 Å². The van der Waals surface area contributed by atoms with Gasteiger partial charge in [0.05, 0.1) is 0 Å². The van der Waals surface area contributed by atoms with Crippen LogP contribution in [-0.4, -0.2) is 60.1 Å². The number of hydrogen-bond donors (Lipinski definition) is 2. The molecule has 1 aromatic heterocycles. The maximum atomic E-state index is 12.5. The van der Waals surface area contributed by atoms with Gasteiger partial charge in [0.2, 0.25) is 5.91 Å². The van der Waals surface area contributed by atoms with Crippen LogP contribution in [0.15, 0.2) is 24.4 Å². The average molecular weight is 374 g/mol. The second kappa shape index (κ2) is 9.58. The van der Waals surface area contributed by atoms with Gasteiger partial charge in [-0.3, -0.25) is 4.79 Å². The predicted molar refractivity (Wildman–Crippen MR) is 106 cm³/mol. The third-order valence-electron chi connectivity index (χ3n) is 5.47. The number of amides is 3. The number of nitrogens with zero attached hydrogens (tertiary/aromatic N) is 3. The van der Waals surface area contributed by atoms with Crippen molar-refractivity contribution in [2.45, 2.75) is 57.5 Å². The Morgan fingerprint density at radius 1 is 1.07 bits per heavy atom. The largest absolute Gasteiger partial charge is 0.353 e. The maximum Gasteiger partial charge on any atom is 0.318 e. The fraction of sp³-hybridized carbons (Fsp3) is 0.650. The van der Waals surface area contributed by atoms with Gasteiger partial charge in [0.25, 0.3) is 0 Å². The Morgan fingerprint density at radius 2 is 1.78 bits per heavy atom. The molecule has 1 saturated carbocycles. The summed E-state index contributed by atoms with van der Waals surface area (Å²) in [6.07, 6.45) is 8.72. The highest BCUT2D eigenvalue weighted by molar-refractivity contribution is 5.86. The van der Waals surface area contributed by atoms with Crippen molar-refractivity contribution in [3.63, 3.8) is 0 Å². The van der Waals surface area contributed by atoms with Crippen LogP contribution in [0.2, 0.25) is 0 Å². The minimum absolute atomic E-state index is 0.0811. The number of pyridine rings is 1. The summed E-state index contributed by atoms with van der Waals surface area (Å²) in [5, 5.41) is 5.96. The Bertz CT molecular complexity index is 608. The van der Waals surface area contributed by atoms with Crippen molar-refractivity contribution in [2.24, 2.45) is 0 Å². The lowest BCUT2D eigenvalue weighted by molar-refractivity contribution is -0.123. The lowest BCUT2D eigenvalue weighted by Gasteiger charge is -2.35. The molecule has 2 N–H and O–H groups in total. The number of carbonyl (C=O) groups excluding carboxylic acids is 2. The van der Waals surface area contributed by atoms with Gasteiger partial charge in [0.15, 0.2) is 0 Å². The van der Waals surface area contributed by atoms with Gasteiger partial charge in [-0.25, -0.2) is 9.78 Å². The summed E-state index contributed by atoms with van der Waals surface area (Å²) in [5.41, 5.74) is 0. The zero-order valence-corrected chi connectivity index (χ0v) is 16.2. The van der Waals surface area contributed by atoms with Gasteiger partial charge in [-0.1, -0.05) is 31.7 Å². The van der Waals surface area contributed by atoms with Crippen LogP contribution in [0.4, 0.5) is 10.6 Å². The Morgan fingerprint density at radius 3 is 2.41 bits per heavy atom. The van der Waals surface area contributed by atoms with Crippen molar-refractivity contribution < 1.29 is 9.59 Å². The summed E-state index contributed by atoms with van der Waals surface area (Å²) in [6, 6.07) is 5.41. The van der Waals surface area contributed by atoms with Crippen molar-refractivity contribution in [3.8, 4) is 0 Å². The summed E-state index contributed by atoms with van der Waals surface area (Å²) < 4.78 is 0. The fourth-order valence-electron chi connectivity index (χ4n) is 3.77. The summed E-state index contributed by atoms with van der Waals surface area (Å²) in [5.74, 6) is 0.857. The highest BCUT2D eigenvalue weighted by Crippen LogP contribution is 2.17. The molecule has 7 nitrogen and oxygen atoms in total. The van der Waals surface area contributed by atoms with Crippen LogP contribution in [0.1, 0.15) is 45.4 Å². The molecule has 148 valence electrons. The number of carbonyl (C=O) groups is 2. The first-order chi connectivity index (χ1) is 13.1. The van der Waals surface area contributed by atoms with Crippen LogP contribution >= 0.6 is 0 Å². The molecule has 0 spiro atoms. The molecule has 27 heavy (non-hydrogen) atoms. The van der Waals surface area contributed by atoms with E-state index in [0.29, 0.717) is 13.1 Å². The Hall–Kier alpha value is -2.31. The van der Waals surface area contributed by atoms with Crippen molar-refractivity contribution in [3.05, 3.63) is 24.4 Å². The van der Waals surface area contributed by atoms with E-state index in [-0.39, 0.29) is 18.0 Å². The topological polar surface area (TPSA) is 77.6 Å². The molecular weight excluding hydrogens is 342 g/mol. The lowest BCUT2D eigenvalue weighted by atomic mass is 10.1. The molecular formula is C20H31N5O2. The van der Waals surface area contributed by atoms with Crippen LogP contribution < -0.4 is 15.5 Å². The molecule has 0 aromatic carbocycles. The average Bonchev–Trinajstić information content (AvgIpc) is 2.97. The molecule has 1 aliphatic heterocycles. The van der Waals surface area contributed by atoms with Crippen LogP contribution in [0.25, 0.3) is 0 Å². The summed E-state index contributed by atoms with van der Waals surface area (Å²) in [7, 11) is 0. The molecule has 2 fully saturated rings. The molecule has 1 atom stereocenters. The van der Waals surface area contributed by atoms with E-state index in [9.17, 15) is 9.59 Å². The minimum atomic E-state index is -0.519. The van der Waals surface area contributed by atoms with E-state index in [1.165, 1.54) is 25.7 Å². The number of anilines is 1. The van der Waals surface area contributed by atoms with Gasteiger partial charge in [0.1, 0.15) is 11.9 Å². The van der Waals surface area contributed by atoms with Crippen LogP contribution in [0, 0.1) is 0 Å². The first kappa shape index (κ1) is 19.5. The van der Waals surface area contributed by atoms with Gasteiger partial charge in [-0.05, 0) is 31.9 Å². The monoisotopic (exact) mass is 373 g/mol. The number of aromatic nitrogens is 1. The molecule has 1 aromatic rings. The Balaban J connectivity index is 1.42. The van der Waals surface area contributed by atoms with E-state index < -0.39 is 6.04 Å². The van der Waals surface area contributed by atoms with Crippen LogP contribution in [-0.2, 0) is 4.79 Å². The summed E-state index contributed by atoms with van der Waals surface area (Å²) in [6.45, 7) is 4.49. The first-order valence-electron chi connectivity index (χ1n) is 10.2. The normalized spacial score (nSPS) is 19.9. The highest BCUT2D eigenvalue weighted by Gasteiger charge is 2.25. The number of hydrogen-bond acceptors (Lipinski definition) is 4. The zero-order chi connectivity index (χ0) is 19.1. The van der Waals surface area contributed by atoms with Gasteiger partial charge in [-0.15, -0.1) is 0 Å². The van der Waals surface area contributed by atoms with E-state index in [1.807, 2.05) is 18.2 Å². The standard InChI is InChI=1S/C20H31N5O2/c1-16(19(26)23-17-8-4-2-3-5-9-17)22-20(27)25-14-12-24(13-15-25)18-10-6-7-11-21-18/h6-7,10-11,16-17H,2-5,8-9,12-15H2,1H3,(H,22,27)(H,23,26)/t16-/m1/s1. The molecule has 1 aliphatic carbocycles.